The Balaban J connectivity index is 2.04. The minimum atomic E-state index is 0.544. The summed E-state index contributed by atoms with van der Waals surface area (Å²) in [5, 5.41) is 0. The van der Waals surface area contributed by atoms with Gasteiger partial charge in [-0.2, -0.15) is 0 Å². The van der Waals surface area contributed by atoms with Crippen molar-refractivity contribution in [3.05, 3.63) is 59.7 Å². The predicted molar refractivity (Wildman–Crippen MR) is 77.8 cm³/mol. The molecular formula is C17H20O2. The molecule has 0 bridgehead atoms. The highest BCUT2D eigenvalue weighted by atomic mass is 16.5. The van der Waals surface area contributed by atoms with E-state index in [0.29, 0.717) is 12.5 Å². The third-order valence-corrected chi connectivity index (χ3v) is 3.02. The molecule has 2 nitrogen and oxygen atoms in total. The quantitative estimate of drug-likeness (QED) is 0.768. The third kappa shape index (κ3) is 3.83. The average molecular weight is 256 g/mol. The van der Waals surface area contributed by atoms with E-state index in [9.17, 15) is 0 Å². The van der Waals surface area contributed by atoms with Gasteiger partial charge < -0.3 is 9.47 Å². The molecule has 0 saturated heterocycles. The van der Waals surface area contributed by atoms with Crippen molar-refractivity contribution in [1.29, 1.82) is 0 Å². The van der Waals surface area contributed by atoms with Crippen molar-refractivity contribution < 1.29 is 9.47 Å². The normalized spacial score (nSPS) is 10.7. The Bertz CT molecular complexity index is 498. The molecule has 2 aromatic rings. The van der Waals surface area contributed by atoms with Gasteiger partial charge in [-0.3, -0.25) is 0 Å². The zero-order chi connectivity index (χ0) is 13.7. The lowest BCUT2D eigenvalue weighted by molar-refractivity contribution is 0.185. The standard InChI is InChI=1S/C17H20O2/c1-13(2)15-6-10-17(11-7-15)19-16-8-4-14(5-9-16)12-18-3/h4-11,13H,12H2,1-3H3. The zero-order valence-electron chi connectivity index (χ0n) is 11.7. The van der Waals surface area contributed by atoms with Crippen molar-refractivity contribution in [3.8, 4) is 11.5 Å². The highest BCUT2D eigenvalue weighted by Crippen LogP contribution is 2.24. The van der Waals surface area contributed by atoms with Crippen LogP contribution in [0, 0.1) is 0 Å². The van der Waals surface area contributed by atoms with E-state index in [2.05, 4.69) is 26.0 Å². The second-order valence-corrected chi connectivity index (χ2v) is 4.90. The molecule has 0 spiro atoms. The van der Waals surface area contributed by atoms with Crippen LogP contribution in [0.3, 0.4) is 0 Å². The molecule has 2 heteroatoms. The number of rotatable bonds is 5. The van der Waals surface area contributed by atoms with Crippen LogP contribution in [0.5, 0.6) is 11.5 Å². The minimum absolute atomic E-state index is 0.544. The molecule has 2 rings (SSSR count). The summed E-state index contributed by atoms with van der Waals surface area (Å²) >= 11 is 0. The number of hydrogen-bond acceptors (Lipinski definition) is 2. The molecule has 0 amide bonds. The van der Waals surface area contributed by atoms with Gasteiger partial charge >= 0.3 is 0 Å². The van der Waals surface area contributed by atoms with Crippen molar-refractivity contribution in [1.82, 2.24) is 0 Å². The molecule has 19 heavy (non-hydrogen) atoms. The highest BCUT2D eigenvalue weighted by Gasteiger charge is 2.01. The highest BCUT2D eigenvalue weighted by molar-refractivity contribution is 5.35. The molecule has 100 valence electrons. The van der Waals surface area contributed by atoms with Gasteiger partial charge in [0.1, 0.15) is 11.5 Å². The smallest absolute Gasteiger partial charge is 0.127 e. The number of hydrogen-bond donors (Lipinski definition) is 0. The van der Waals surface area contributed by atoms with Gasteiger partial charge in [0.25, 0.3) is 0 Å². The molecule has 0 heterocycles. The topological polar surface area (TPSA) is 18.5 Å². The SMILES string of the molecule is COCc1ccc(Oc2ccc(C(C)C)cc2)cc1. The van der Waals surface area contributed by atoms with Crippen LogP contribution in [-0.4, -0.2) is 7.11 Å². The van der Waals surface area contributed by atoms with Gasteiger partial charge in [-0.1, -0.05) is 38.1 Å². The molecule has 0 saturated carbocycles. The lowest BCUT2D eigenvalue weighted by Crippen LogP contribution is -1.90. The average Bonchev–Trinajstić information content (AvgIpc) is 2.42. The Labute approximate surface area is 115 Å². The first-order valence-electron chi connectivity index (χ1n) is 6.54. The lowest BCUT2D eigenvalue weighted by Gasteiger charge is -2.09. The number of methoxy groups -OCH3 is 1. The van der Waals surface area contributed by atoms with Crippen LogP contribution in [-0.2, 0) is 11.3 Å². The molecule has 0 unspecified atom stereocenters. The summed E-state index contributed by atoms with van der Waals surface area (Å²) in [4.78, 5) is 0. The summed E-state index contributed by atoms with van der Waals surface area (Å²) in [5.74, 6) is 2.25. The maximum Gasteiger partial charge on any atom is 0.127 e. The largest absolute Gasteiger partial charge is 0.457 e. The molecular weight excluding hydrogens is 236 g/mol. The van der Waals surface area contributed by atoms with Crippen molar-refractivity contribution in [2.75, 3.05) is 7.11 Å². The zero-order valence-corrected chi connectivity index (χ0v) is 11.7. The lowest BCUT2D eigenvalue weighted by atomic mass is 10.0. The Morgan fingerprint density at radius 1 is 0.842 bits per heavy atom. The van der Waals surface area contributed by atoms with Crippen molar-refractivity contribution in [2.24, 2.45) is 0 Å². The second-order valence-electron chi connectivity index (χ2n) is 4.90. The maximum atomic E-state index is 5.81. The Kier molecular flexibility index (Phi) is 4.58. The maximum absolute atomic E-state index is 5.81. The fourth-order valence-corrected chi connectivity index (χ4v) is 1.88. The molecule has 0 aliphatic heterocycles. The molecule has 0 aliphatic carbocycles. The van der Waals surface area contributed by atoms with Gasteiger partial charge in [-0.25, -0.2) is 0 Å². The van der Waals surface area contributed by atoms with Crippen molar-refractivity contribution >= 4 is 0 Å². The first-order valence-corrected chi connectivity index (χ1v) is 6.54. The van der Waals surface area contributed by atoms with Gasteiger partial charge in [0, 0.05) is 7.11 Å². The van der Waals surface area contributed by atoms with E-state index in [-0.39, 0.29) is 0 Å². The van der Waals surface area contributed by atoms with Crippen LogP contribution < -0.4 is 4.74 Å². The second kappa shape index (κ2) is 6.39. The van der Waals surface area contributed by atoms with Crippen LogP contribution in [0.2, 0.25) is 0 Å². The number of ether oxygens (including phenoxy) is 2. The molecule has 0 N–H and O–H groups in total. The van der Waals surface area contributed by atoms with Crippen LogP contribution in [0.25, 0.3) is 0 Å². The van der Waals surface area contributed by atoms with Crippen LogP contribution in [0.15, 0.2) is 48.5 Å². The third-order valence-electron chi connectivity index (χ3n) is 3.02. The van der Waals surface area contributed by atoms with E-state index < -0.39 is 0 Å². The Morgan fingerprint density at radius 2 is 1.37 bits per heavy atom. The Morgan fingerprint density at radius 3 is 1.84 bits per heavy atom. The summed E-state index contributed by atoms with van der Waals surface area (Å²) in [5.41, 5.74) is 2.47. The molecule has 0 atom stereocenters. The summed E-state index contributed by atoms with van der Waals surface area (Å²) < 4.78 is 10.9. The van der Waals surface area contributed by atoms with E-state index in [1.165, 1.54) is 5.56 Å². The van der Waals surface area contributed by atoms with Gasteiger partial charge in [-0.15, -0.1) is 0 Å². The molecule has 0 fully saturated rings. The van der Waals surface area contributed by atoms with Gasteiger partial charge in [-0.05, 0) is 41.3 Å². The van der Waals surface area contributed by atoms with Crippen molar-refractivity contribution in [3.63, 3.8) is 0 Å². The molecule has 2 aromatic carbocycles. The monoisotopic (exact) mass is 256 g/mol. The van der Waals surface area contributed by atoms with Crippen LogP contribution in [0.1, 0.15) is 30.9 Å². The fraction of sp³-hybridized carbons (Fsp3) is 0.294. The molecule has 0 aliphatic rings. The van der Waals surface area contributed by atoms with E-state index in [4.69, 9.17) is 9.47 Å². The van der Waals surface area contributed by atoms with Crippen molar-refractivity contribution in [2.45, 2.75) is 26.4 Å². The fourth-order valence-electron chi connectivity index (χ4n) is 1.88. The van der Waals surface area contributed by atoms with E-state index >= 15 is 0 Å². The van der Waals surface area contributed by atoms with E-state index in [0.717, 1.165) is 17.1 Å². The number of benzene rings is 2. The van der Waals surface area contributed by atoms with Gasteiger partial charge in [0.2, 0.25) is 0 Å². The first kappa shape index (κ1) is 13.6. The minimum Gasteiger partial charge on any atom is -0.457 e. The summed E-state index contributed by atoms with van der Waals surface area (Å²) in [6.07, 6.45) is 0. The van der Waals surface area contributed by atoms with Crippen LogP contribution >= 0.6 is 0 Å². The Hall–Kier alpha value is -1.80. The summed E-state index contributed by atoms with van der Waals surface area (Å²) in [6.45, 7) is 5.00. The summed E-state index contributed by atoms with van der Waals surface area (Å²) in [6, 6.07) is 16.2. The van der Waals surface area contributed by atoms with Crippen LogP contribution in [0.4, 0.5) is 0 Å². The van der Waals surface area contributed by atoms with Gasteiger partial charge in [0.05, 0.1) is 6.61 Å². The predicted octanol–water partition coefficient (Wildman–Crippen LogP) is 4.75. The van der Waals surface area contributed by atoms with E-state index in [1.54, 1.807) is 7.11 Å². The first-order chi connectivity index (χ1) is 9.19. The molecule has 0 radical (unpaired) electrons. The van der Waals surface area contributed by atoms with E-state index in [1.807, 2.05) is 36.4 Å². The molecule has 0 aromatic heterocycles. The van der Waals surface area contributed by atoms with Gasteiger partial charge in [0.15, 0.2) is 0 Å². The summed E-state index contributed by atoms with van der Waals surface area (Å²) in [7, 11) is 1.70.